The van der Waals surface area contributed by atoms with E-state index in [1.165, 1.54) is 12.5 Å². The third-order valence-corrected chi connectivity index (χ3v) is 2.41. The minimum atomic E-state index is -1.36. The maximum absolute atomic E-state index is 10.6. The van der Waals surface area contributed by atoms with Crippen molar-refractivity contribution in [2.75, 3.05) is 0 Å². The van der Waals surface area contributed by atoms with Gasteiger partial charge in [-0.2, -0.15) is 0 Å². The zero-order valence-electron chi connectivity index (χ0n) is 9.53. The van der Waals surface area contributed by atoms with E-state index in [1.54, 1.807) is 0 Å². The predicted molar refractivity (Wildman–Crippen MR) is 60.6 cm³/mol. The van der Waals surface area contributed by atoms with E-state index in [4.69, 9.17) is 0 Å². The van der Waals surface area contributed by atoms with E-state index in [-0.39, 0.29) is 0 Å². The van der Waals surface area contributed by atoms with Crippen LogP contribution in [0.25, 0.3) is 0 Å². The molecule has 1 aromatic rings. The Kier molecular flexibility index (Phi) is 3.64. The fourth-order valence-corrected chi connectivity index (χ4v) is 1.52. The highest BCUT2D eigenvalue weighted by molar-refractivity contribution is 5.64. The number of benzene rings is 1. The van der Waals surface area contributed by atoms with Gasteiger partial charge < -0.3 is 5.11 Å². The highest BCUT2D eigenvalue weighted by Gasteiger charge is 2.21. The average molecular weight is 206 g/mol. The number of rotatable bonds is 4. The van der Waals surface area contributed by atoms with Gasteiger partial charge in [0.2, 0.25) is 0 Å². The monoisotopic (exact) mass is 206 g/mol. The van der Waals surface area contributed by atoms with Gasteiger partial charge in [-0.1, -0.05) is 38.1 Å². The second-order valence-electron chi connectivity index (χ2n) is 4.56. The Morgan fingerprint density at radius 2 is 1.87 bits per heavy atom. The van der Waals surface area contributed by atoms with Gasteiger partial charge in [-0.15, -0.1) is 0 Å². The summed E-state index contributed by atoms with van der Waals surface area (Å²) in [4.78, 5) is 10.6. The van der Waals surface area contributed by atoms with Crippen molar-refractivity contribution in [2.45, 2.75) is 32.8 Å². The molecule has 0 heterocycles. The van der Waals surface area contributed by atoms with Crippen molar-refractivity contribution >= 4 is 6.29 Å². The zero-order chi connectivity index (χ0) is 11.5. The Hall–Kier alpha value is -1.15. The Labute approximate surface area is 90.9 Å². The standard InChI is InChI=1S/C13H18O2/c1-10(2)8-11-4-6-12(7-5-11)13(3,15)9-14/h4-7,9-10,15H,8H2,1-3H3. The second-order valence-corrected chi connectivity index (χ2v) is 4.56. The summed E-state index contributed by atoms with van der Waals surface area (Å²) in [5.74, 6) is 0.613. The highest BCUT2D eigenvalue weighted by Crippen LogP contribution is 2.19. The third-order valence-electron chi connectivity index (χ3n) is 2.41. The van der Waals surface area contributed by atoms with E-state index in [0.29, 0.717) is 17.8 Å². The number of hydrogen-bond donors (Lipinski definition) is 1. The molecule has 1 unspecified atom stereocenters. The lowest BCUT2D eigenvalue weighted by Crippen LogP contribution is -2.22. The fraction of sp³-hybridized carbons (Fsp3) is 0.462. The van der Waals surface area contributed by atoms with Crippen LogP contribution in [0.1, 0.15) is 31.9 Å². The molecule has 0 saturated carbocycles. The molecule has 0 aliphatic heterocycles. The van der Waals surface area contributed by atoms with Gasteiger partial charge in [0, 0.05) is 0 Å². The SMILES string of the molecule is CC(C)Cc1ccc(C(C)(O)C=O)cc1. The van der Waals surface area contributed by atoms with Gasteiger partial charge in [0.15, 0.2) is 6.29 Å². The summed E-state index contributed by atoms with van der Waals surface area (Å²) in [6.45, 7) is 5.82. The maximum Gasteiger partial charge on any atom is 0.155 e. The van der Waals surface area contributed by atoms with Crippen LogP contribution in [-0.4, -0.2) is 11.4 Å². The van der Waals surface area contributed by atoms with E-state index in [0.717, 1.165) is 6.42 Å². The molecule has 0 aromatic heterocycles. The molecular weight excluding hydrogens is 188 g/mol. The van der Waals surface area contributed by atoms with E-state index in [9.17, 15) is 9.90 Å². The normalized spacial score (nSPS) is 15.0. The van der Waals surface area contributed by atoms with Crippen LogP contribution in [-0.2, 0) is 16.8 Å². The van der Waals surface area contributed by atoms with E-state index in [1.807, 2.05) is 24.3 Å². The number of aliphatic hydroxyl groups is 1. The van der Waals surface area contributed by atoms with E-state index in [2.05, 4.69) is 13.8 Å². The van der Waals surface area contributed by atoms with Gasteiger partial charge >= 0.3 is 0 Å². The molecule has 0 radical (unpaired) electrons. The van der Waals surface area contributed by atoms with Gasteiger partial charge in [0.1, 0.15) is 5.60 Å². The molecule has 0 saturated heterocycles. The van der Waals surface area contributed by atoms with Gasteiger partial charge in [0.25, 0.3) is 0 Å². The summed E-state index contributed by atoms with van der Waals surface area (Å²) in [6.07, 6.45) is 1.58. The summed E-state index contributed by atoms with van der Waals surface area (Å²) in [5.41, 5.74) is 0.511. The van der Waals surface area contributed by atoms with Crippen LogP contribution in [0.3, 0.4) is 0 Å². The molecule has 0 spiro atoms. The van der Waals surface area contributed by atoms with Crippen molar-refractivity contribution in [1.29, 1.82) is 0 Å². The quantitative estimate of drug-likeness (QED) is 0.767. The molecule has 0 fully saturated rings. The van der Waals surface area contributed by atoms with E-state index >= 15 is 0 Å². The van der Waals surface area contributed by atoms with Crippen LogP contribution in [0.5, 0.6) is 0 Å². The number of carbonyl (C=O) groups excluding carboxylic acids is 1. The highest BCUT2D eigenvalue weighted by atomic mass is 16.3. The first-order valence-corrected chi connectivity index (χ1v) is 5.24. The van der Waals surface area contributed by atoms with Gasteiger partial charge in [-0.05, 0) is 30.4 Å². The van der Waals surface area contributed by atoms with Crippen LogP contribution in [0.4, 0.5) is 0 Å². The lowest BCUT2D eigenvalue weighted by atomic mass is 9.95. The lowest BCUT2D eigenvalue weighted by molar-refractivity contribution is -0.123. The summed E-state index contributed by atoms with van der Waals surface area (Å²) < 4.78 is 0. The Bertz CT molecular complexity index is 323. The van der Waals surface area contributed by atoms with Gasteiger partial charge in [-0.25, -0.2) is 0 Å². The summed E-state index contributed by atoms with van der Waals surface area (Å²) in [7, 11) is 0. The first-order valence-electron chi connectivity index (χ1n) is 5.24. The molecule has 15 heavy (non-hydrogen) atoms. The molecule has 1 aromatic carbocycles. The van der Waals surface area contributed by atoms with Crippen molar-refractivity contribution < 1.29 is 9.90 Å². The van der Waals surface area contributed by atoms with Crippen molar-refractivity contribution in [2.24, 2.45) is 5.92 Å². The molecule has 0 aliphatic rings. The molecule has 2 nitrogen and oxygen atoms in total. The van der Waals surface area contributed by atoms with Crippen LogP contribution in [0.15, 0.2) is 24.3 Å². The summed E-state index contributed by atoms with van der Waals surface area (Å²) in [6, 6.07) is 7.55. The van der Waals surface area contributed by atoms with Crippen molar-refractivity contribution in [3.63, 3.8) is 0 Å². The molecular formula is C13H18O2. The zero-order valence-corrected chi connectivity index (χ0v) is 9.53. The molecule has 0 amide bonds. The second kappa shape index (κ2) is 4.58. The number of hydrogen-bond acceptors (Lipinski definition) is 2. The maximum atomic E-state index is 10.6. The molecule has 2 heteroatoms. The molecule has 1 N–H and O–H groups in total. The minimum absolute atomic E-state index is 0.560. The van der Waals surface area contributed by atoms with E-state index < -0.39 is 5.60 Å². The predicted octanol–water partition coefficient (Wildman–Crippen LogP) is 2.29. The molecule has 1 atom stereocenters. The van der Waals surface area contributed by atoms with Crippen molar-refractivity contribution in [1.82, 2.24) is 0 Å². The first-order chi connectivity index (χ1) is 6.95. The minimum Gasteiger partial charge on any atom is -0.378 e. The molecule has 82 valence electrons. The van der Waals surface area contributed by atoms with Crippen LogP contribution < -0.4 is 0 Å². The summed E-state index contributed by atoms with van der Waals surface area (Å²) in [5, 5.41) is 9.70. The van der Waals surface area contributed by atoms with Crippen LogP contribution >= 0.6 is 0 Å². The summed E-state index contributed by atoms with van der Waals surface area (Å²) >= 11 is 0. The Morgan fingerprint density at radius 1 is 1.33 bits per heavy atom. The average Bonchev–Trinajstić information content (AvgIpc) is 2.18. The van der Waals surface area contributed by atoms with Crippen molar-refractivity contribution in [3.8, 4) is 0 Å². The van der Waals surface area contributed by atoms with Crippen molar-refractivity contribution in [3.05, 3.63) is 35.4 Å². The molecule has 0 bridgehead atoms. The number of aldehydes is 1. The third kappa shape index (κ3) is 3.17. The Morgan fingerprint density at radius 3 is 2.27 bits per heavy atom. The Balaban J connectivity index is 2.85. The molecule has 0 aliphatic carbocycles. The largest absolute Gasteiger partial charge is 0.378 e. The van der Waals surface area contributed by atoms with Gasteiger partial charge in [-0.3, -0.25) is 4.79 Å². The fourth-order valence-electron chi connectivity index (χ4n) is 1.52. The van der Waals surface area contributed by atoms with Gasteiger partial charge in [0.05, 0.1) is 0 Å². The number of carbonyl (C=O) groups is 1. The first kappa shape index (κ1) is 11.9. The van der Waals surface area contributed by atoms with Crippen LogP contribution in [0, 0.1) is 5.92 Å². The smallest absolute Gasteiger partial charge is 0.155 e. The topological polar surface area (TPSA) is 37.3 Å². The van der Waals surface area contributed by atoms with Crippen LogP contribution in [0.2, 0.25) is 0 Å². The lowest BCUT2D eigenvalue weighted by Gasteiger charge is -2.16. The molecule has 1 rings (SSSR count).